The van der Waals surface area contributed by atoms with Gasteiger partial charge in [-0.05, 0) is 30.2 Å². The van der Waals surface area contributed by atoms with Gasteiger partial charge in [0, 0.05) is 18.9 Å². The van der Waals surface area contributed by atoms with Crippen LogP contribution in [0.25, 0.3) is 0 Å². The Labute approximate surface area is 175 Å². The van der Waals surface area contributed by atoms with E-state index in [2.05, 4.69) is 15.3 Å². The van der Waals surface area contributed by atoms with E-state index in [4.69, 9.17) is 4.74 Å². The molecule has 1 heterocycles. The molecule has 0 saturated carbocycles. The maximum Gasteiger partial charge on any atom is 0.416 e. The number of carbonyl (C=O) groups excluding carboxylic acids is 1. The molecule has 1 amide bonds. The molecule has 0 bridgehead atoms. The first-order chi connectivity index (χ1) is 14.3. The van der Waals surface area contributed by atoms with Crippen molar-refractivity contribution in [2.45, 2.75) is 24.7 Å². The van der Waals surface area contributed by atoms with Crippen LogP contribution in [-0.2, 0) is 17.5 Å². The summed E-state index contributed by atoms with van der Waals surface area (Å²) in [5.74, 6) is 0.404. The summed E-state index contributed by atoms with van der Waals surface area (Å²) < 4.78 is 44.9. The number of aromatic nitrogens is 2. The first-order valence-corrected chi connectivity index (χ1v) is 9.92. The molecule has 0 aliphatic carbocycles. The van der Waals surface area contributed by atoms with Gasteiger partial charge >= 0.3 is 6.18 Å². The van der Waals surface area contributed by atoms with Crippen LogP contribution in [0.5, 0.6) is 11.6 Å². The number of hydrogen-bond donors (Lipinski definition) is 1. The number of thioether (sulfide) groups is 1. The maximum atomic E-state index is 13.0. The Hall–Kier alpha value is -3.07. The van der Waals surface area contributed by atoms with Crippen molar-refractivity contribution in [1.82, 2.24) is 15.3 Å². The molecular weight excluding hydrogens is 415 g/mol. The third-order valence-corrected chi connectivity index (χ3v) is 5.03. The molecule has 5 nitrogen and oxygen atoms in total. The monoisotopic (exact) mass is 433 g/mol. The number of benzene rings is 2. The second-order valence-electron chi connectivity index (χ2n) is 6.25. The van der Waals surface area contributed by atoms with Crippen molar-refractivity contribution in [2.75, 3.05) is 5.75 Å². The topological polar surface area (TPSA) is 64.1 Å². The summed E-state index contributed by atoms with van der Waals surface area (Å²) in [6, 6.07) is 12.5. The van der Waals surface area contributed by atoms with E-state index in [9.17, 15) is 18.0 Å². The van der Waals surface area contributed by atoms with Crippen molar-refractivity contribution in [3.05, 3.63) is 77.6 Å². The van der Waals surface area contributed by atoms with Crippen molar-refractivity contribution in [3.8, 4) is 11.6 Å². The highest BCUT2D eigenvalue weighted by Crippen LogP contribution is 2.32. The summed E-state index contributed by atoms with van der Waals surface area (Å²) in [6.07, 6.45) is -1.52. The average Bonchev–Trinajstić information content (AvgIpc) is 2.73. The largest absolute Gasteiger partial charge is 0.436 e. The van der Waals surface area contributed by atoms with Crippen LogP contribution in [0.1, 0.15) is 16.7 Å². The van der Waals surface area contributed by atoms with E-state index in [1.165, 1.54) is 30.6 Å². The number of carbonyl (C=O) groups is 1. The van der Waals surface area contributed by atoms with Gasteiger partial charge in [0.1, 0.15) is 5.75 Å². The molecular formula is C21H18F3N3O2S. The van der Waals surface area contributed by atoms with E-state index >= 15 is 0 Å². The minimum absolute atomic E-state index is 0.00595. The van der Waals surface area contributed by atoms with Gasteiger partial charge in [0.05, 0.1) is 11.3 Å². The molecule has 0 fully saturated rings. The Morgan fingerprint density at radius 3 is 2.53 bits per heavy atom. The van der Waals surface area contributed by atoms with Gasteiger partial charge in [0.25, 0.3) is 5.88 Å². The van der Waals surface area contributed by atoms with E-state index in [1.54, 1.807) is 6.07 Å². The summed E-state index contributed by atoms with van der Waals surface area (Å²) >= 11 is 1.09. The zero-order valence-corrected chi connectivity index (χ0v) is 16.8. The highest BCUT2D eigenvalue weighted by atomic mass is 32.2. The SMILES string of the molecule is Cc1ccccc1Oc1nccnc1SCC(=O)NCc1ccccc1C(F)(F)F. The van der Waals surface area contributed by atoms with Gasteiger partial charge in [0.15, 0.2) is 5.03 Å². The number of alkyl halides is 3. The number of para-hydroxylation sites is 1. The van der Waals surface area contributed by atoms with E-state index in [-0.39, 0.29) is 23.7 Å². The standard InChI is InChI=1S/C21H18F3N3O2S/c1-14-6-2-5-9-17(14)29-19-20(26-11-10-25-19)30-13-18(28)27-12-15-7-3-4-8-16(15)21(22,23)24/h2-11H,12-13H2,1H3,(H,27,28). The van der Waals surface area contributed by atoms with E-state index in [0.29, 0.717) is 10.8 Å². The predicted octanol–water partition coefficient (Wildman–Crippen LogP) is 5.00. The molecule has 0 radical (unpaired) electrons. The Morgan fingerprint density at radius 2 is 1.77 bits per heavy atom. The van der Waals surface area contributed by atoms with Crippen molar-refractivity contribution in [1.29, 1.82) is 0 Å². The summed E-state index contributed by atoms with van der Waals surface area (Å²) in [5.41, 5.74) is 0.160. The second kappa shape index (κ2) is 9.62. The molecule has 0 aliphatic rings. The molecule has 2 aromatic carbocycles. The molecule has 0 unspecified atom stereocenters. The van der Waals surface area contributed by atoms with Gasteiger partial charge in [-0.25, -0.2) is 9.97 Å². The predicted molar refractivity (Wildman–Crippen MR) is 107 cm³/mol. The van der Waals surface area contributed by atoms with E-state index < -0.39 is 17.6 Å². The average molecular weight is 433 g/mol. The van der Waals surface area contributed by atoms with Crippen LogP contribution in [-0.4, -0.2) is 21.6 Å². The van der Waals surface area contributed by atoms with Gasteiger partial charge in [-0.15, -0.1) is 0 Å². The molecule has 0 aliphatic heterocycles. The smallest absolute Gasteiger partial charge is 0.416 e. The number of halogens is 3. The Balaban J connectivity index is 1.61. The summed E-state index contributed by atoms with van der Waals surface area (Å²) in [7, 11) is 0. The maximum absolute atomic E-state index is 13.0. The van der Waals surface area contributed by atoms with Crippen LogP contribution in [0.4, 0.5) is 13.2 Å². The summed E-state index contributed by atoms with van der Waals surface area (Å²) in [5, 5.41) is 2.92. The molecule has 0 atom stereocenters. The number of aryl methyl sites for hydroxylation is 1. The normalized spacial score (nSPS) is 11.2. The summed E-state index contributed by atoms with van der Waals surface area (Å²) in [4.78, 5) is 20.5. The Bertz CT molecular complexity index is 1030. The van der Waals surface area contributed by atoms with Crippen molar-refractivity contribution in [2.24, 2.45) is 0 Å². The molecule has 1 aromatic heterocycles. The second-order valence-corrected chi connectivity index (χ2v) is 7.22. The lowest BCUT2D eigenvalue weighted by molar-refractivity contribution is -0.138. The minimum Gasteiger partial charge on any atom is -0.436 e. The Morgan fingerprint density at radius 1 is 1.07 bits per heavy atom. The first kappa shape index (κ1) is 21.6. The van der Waals surface area contributed by atoms with Gasteiger partial charge in [-0.2, -0.15) is 13.2 Å². The fourth-order valence-corrected chi connectivity index (χ4v) is 3.31. The van der Waals surface area contributed by atoms with Crippen molar-refractivity contribution >= 4 is 17.7 Å². The molecule has 9 heteroatoms. The van der Waals surface area contributed by atoms with Crippen LogP contribution in [0, 0.1) is 6.92 Å². The van der Waals surface area contributed by atoms with Crippen molar-refractivity contribution < 1.29 is 22.7 Å². The third-order valence-electron chi connectivity index (χ3n) is 4.07. The van der Waals surface area contributed by atoms with Gasteiger partial charge in [-0.3, -0.25) is 4.79 Å². The third kappa shape index (κ3) is 5.73. The summed E-state index contributed by atoms with van der Waals surface area (Å²) in [6.45, 7) is 1.67. The highest BCUT2D eigenvalue weighted by Gasteiger charge is 2.32. The van der Waals surface area contributed by atoms with Crippen LogP contribution in [0.15, 0.2) is 66.0 Å². The van der Waals surface area contributed by atoms with Gasteiger partial charge in [0.2, 0.25) is 5.91 Å². The quantitative estimate of drug-likeness (QED) is 0.531. The molecule has 30 heavy (non-hydrogen) atoms. The van der Waals surface area contributed by atoms with Crippen LogP contribution in [0.2, 0.25) is 0 Å². The minimum atomic E-state index is -4.47. The molecule has 156 valence electrons. The van der Waals surface area contributed by atoms with Gasteiger partial charge < -0.3 is 10.1 Å². The molecule has 1 N–H and O–H groups in total. The lowest BCUT2D eigenvalue weighted by Crippen LogP contribution is -2.26. The lowest BCUT2D eigenvalue weighted by Gasteiger charge is -2.13. The molecule has 3 rings (SSSR count). The lowest BCUT2D eigenvalue weighted by atomic mass is 10.1. The fraction of sp³-hybridized carbons (Fsp3) is 0.190. The number of nitrogens with one attached hydrogen (secondary N) is 1. The number of amides is 1. The zero-order valence-electron chi connectivity index (χ0n) is 15.9. The number of rotatable bonds is 7. The molecule has 0 spiro atoms. The number of ether oxygens (including phenoxy) is 1. The van der Waals surface area contributed by atoms with Gasteiger partial charge in [-0.1, -0.05) is 48.2 Å². The Kier molecular flexibility index (Phi) is 6.94. The van der Waals surface area contributed by atoms with Crippen LogP contribution >= 0.6 is 11.8 Å². The zero-order chi connectivity index (χ0) is 21.6. The fourth-order valence-electron chi connectivity index (χ4n) is 2.59. The number of hydrogen-bond acceptors (Lipinski definition) is 5. The van der Waals surface area contributed by atoms with E-state index in [0.717, 1.165) is 23.4 Å². The number of nitrogens with zero attached hydrogens (tertiary/aromatic N) is 2. The van der Waals surface area contributed by atoms with Crippen LogP contribution < -0.4 is 10.1 Å². The van der Waals surface area contributed by atoms with Crippen molar-refractivity contribution in [3.63, 3.8) is 0 Å². The first-order valence-electron chi connectivity index (χ1n) is 8.93. The highest BCUT2D eigenvalue weighted by molar-refractivity contribution is 8.00. The van der Waals surface area contributed by atoms with E-state index in [1.807, 2.05) is 25.1 Å². The molecule has 3 aromatic rings. The van der Waals surface area contributed by atoms with Crippen LogP contribution in [0.3, 0.4) is 0 Å². The molecule has 0 saturated heterocycles.